The molecular formula is C15H21NO2S. The lowest BCUT2D eigenvalue weighted by Gasteiger charge is -2.13. The Hall–Kier alpha value is -1.29. The first kappa shape index (κ1) is 14.1. The summed E-state index contributed by atoms with van der Waals surface area (Å²) in [4.78, 5) is 12.7. The van der Waals surface area contributed by atoms with Crippen molar-refractivity contribution in [2.45, 2.75) is 39.0 Å². The number of nitrogens with one attached hydrogen (secondary N) is 1. The smallest absolute Gasteiger partial charge is 0.265 e. The molecule has 0 aromatic carbocycles. The van der Waals surface area contributed by atoms with Crippen molar-refractivity contribution in [1.82, 2.24) is 5.32 Å². The zero-order valence-electron chi connectivity index (χ0n) is 11.4. The van der Waals surface area contributed by atoms with Gasteiger partial charge in [-0.05, 0) is 50.5 Å². The lowest BCUT2D eigenvalue weighted by molar-refractivity contribution is 0.0954. The molecule has 1 heterocycles. The van der Waals surface area contributed by atoms with Crippen LogP contribution in [-0.2, 0) is 0 Å². The highest BCUT2D eigenvalue weighted by atomic mass is 32.1. The summed E-state index contributed by atoms with van der Waals surface area (Å²) in [6.07, 6.45) is 8.29. The van der Waals surface area contributed by atoms with Gasteiger partial charge in [-0.1, -0.05) is 11.6 Å². The van der Waals surface area contributed by atoms with E-state index in [4.69, 9.17) is 4.74 Å². The molecule has 3 nitrogen and oxygen atoms in total. The van der Waals surface area contributed by atoms with Gasteiger partial charge in [0.2, 0.25) is 0 Å². The first-order valence-electron chi connectivity index (χ1n) is 6.97. The Morgan fingerprint density at radius 1 is 1.47 bits per heavy atom. The Morgan fingerprint density at radius 3 is 3.11 bits per heavy atom. The number of allylic oxidation sites excluding steroid dienone is 1. The summed E-state index contributed by atoms with van der Waals surface area (Å²) in [5.74, 6) is 0.678. The number of thiophene rings is 1. The van der Waals surface area contributed by atoms with Crippen LogP contribution in [0.15, 0.2) is 23.1 Å². The Bertz CT molecular complexity index is 451. The van der Waals surface area contributed by atoms with E-state index < -0.39 is 0 Å². The molecule has 1 aromatic rings. The molecule has 0 saturated carbocycles. The summed E-state index contributed by atoms with van der Waals surface area (Å²) < 4.78 is 5.43. The third kappa shape index (κ3) is 4.10. The van der Waals surface area contributed by atoms with E-state index in [0.717, 1.165) is 6.42 Å². The number of hydrogen-bond acceptors (Lipinski definition) is 3. The molecule has 0 fully saturated rings. The normalized spacial score (nSPS) is 14.9. The van der Waals surface area contributed by atoms with E-state index >= 15 is 0 Å². The topological polar surface area (TPSA) is 38.3 Å². The van der Waals surface area contributed by atoms with Gasteiger partial charge in [0.15, 0.2) is 0 Å². The fourth-order valence-electron chi connectivity index (χ4n) is 2.28. The van der Waals surface area contributed by atoms with Gasteiger partial charge in [-0.2, -0.15) is 0 Å². The molecule has 0 spiro atoms. The number of rotatable bonds is 6. The first-order chi connectivity index (χ1) is 9.31. The summed E-state index contributed by atoms with van der Waals surface area (Å²) in [6, 6.07) is 1.85. The van der Waals surface area contributed by atoms with Gasteiger partial charge in [0.25, 0.3) is 5.91 Å². The van der Waals surface area contributed by atoms with Gasteiger partial charge in [-0.15, -0.1) is 11.3 Å². The van der Waals surface area contributed by atoms with Crippen LogP contribution in [0.3, 0.4) is 0 Å². The van der Waals surface area contributed by atoms with Crippen LogP contribution in [0.25, 0.3) is 0 Å². The second kappa shape index (κ2) is 7.34. The molecule has 1 aromatic heterocycles. The van der Waals surface area contributed by atoms with Crippen molar-refractivity contribution >= 4 is 17.2 Å². The average molecular weight is 279 g/mol. The second-order valence-corrected chi connectivity index (χ2v) is 5.58. The highest BCUT2D eigenvalue weighted by molar-refractivity contribution is 7.12. The maximum atomic E-state index is 12.0. The highest BCUT2D eigenvalue weighted by Gasteiger charge is 2.14. The van der Waals surface area contributed by atoms with Crippen LogP contribution in [0, 0.1) is 0 Å². The Balaban J connectivity index is 1.80. The molecule has 1 aliphatic carbocycles. The molecule has 1 amide bonds. The quantitative estimate of drug-likeness (QED) is 0.805. The Kier molecular flexibility index (Phi) is 5.45. The molecule has 1 aliphatic rings. The summed E-state index contributed by atoms with van der Waals surface area (Å²) >= 11 is 1.43. The zero-order chi connectivity index (χ0) is 13.5. The minimum Gasteiger partial charge on any atom is -0.492 e. The van der Waals surface area contributed by atoms with E-state index in [2.05, 4.69) is 11.4 Å². The lowest BCUT2D eigenvalue weighted by Crippen LogP contribution is -2.24. The lowest BCUT2D eigenvalue weighted by atomic mass is 9.97. The van der Waals surface area contributed by atoms with E-state index in [1.54, 1.807) is 0 Å². The van der Waals surface area contributed by atoms with Crippen molar-refractivity contribution in [2.24, 2.45) is 0 Å². The van der Waals surface area contributed by atoms with Gasteiger partial charge < -0.3 is 10.1 Å². The molecule has 19 heavy (non-hydrogen) atoms. The average Bonchev–Trinajstić information content (AvgIpc) is 2.89. The standard InChI is InChI=1S/C15H21NO2S/c1-2-18-13-9-11-19-14(13)15(17)16-10-8-12-6-4-3-5-7-12/h6,9,11H,2-5,7-8,10H2,1H3,(H,16,17). The molecule has 0 unspecified atom stereocenters. The predicted molar refractivity (Wildman–Crippen MR) is 79.0 cm³/mol. The zero-order valence-corrected chi connectivity index (χ0v) is 12.2. The van der Waals surface area contributed by atoms with Gasteiger partial charge in [0.05, 0.1) is 6.61 Å². The van der Waals surface area contributed by atoms with Crippen LogP contribution in [0.1, 0.15) is 48.7 Å². The van der Waals surface area contributed by atoms with E-state index in [1.807, 2.05) is 18.4 Å². The highest BCUT2D eigenvalue weighted by Crippen LogP contribution is 2.25. The molecule has 0 aliphatic heterocycles. The summed E-state index contributed by atoms with van der Waals surface area (Å²) in [5.41, 5.74) is 1.49. The van der Waals surface area contributed by atoms with E-state index in [0.29, 0.717) is 23.8 Å². The Morgan fingerprint density at radius 2 is 2.37 bits per heavy atom. The summed E-state index contributed by atoms with van der Waals surface area (Å²) in [5, 5.41) is 4.87. The third-order valence-corrected chi connectivity index (χ3v) is 4.15. The largest absolute Gasteiger partial charge is 0.492 e. The first-order valence-corrected chi connectivity index (χ1v) is 7.85. The van der Waals surface area contributed by atoms with Crippen molar-refractivity contribution in [3.8, 4) is 5.75 Å². The van der Waals surface area contributed by atoms with Gasteiger partial charge in [-0.25, -0.2) is 0 Å². The van der Waals surface area contributed by atoms with Crippen molar-refractivity contribution < 1.29 is 9.53 Å². The van der Waals surface area contributed by atoms with E-state index in [1.165, 1.54) is 42.6 Å². The van der Waals surface area contributed by atoms with Crippen molar-refractivity contribution in [3.63, 3.8) is 0 Å². The number of amides is 1. The van der Waals surface area contributed by atoms with Crippen LogP contribution in [0.5, 0.6) is 5.75 Å². The van der Waals surface area contributed by atoms with Gasteiger partial charge >= 0.3 is 0 Å². The number of carbonyl (C=O) groups is 1. The molecule has 0 atom stereocenters. The van der Waals surface area contributed by atoms with Crippen LogP contribution in [-0.4, -0.2) is 19.1 Å². The van der Waals surface area contributed by atoms with E-state index in [-0.39, 0.29) is 5.91 Å². The molecule has 0 saturated heterocycles. The van der Waals surface area contributed by atoms with Crippen LogP contribution >= 0.6 is 11.3 Å². The molecule has 4 heteroatoms. The number of carbonyl (C=O) groups excluding carboxylic acids is 1. The minimum absolute atomic E-state index is 0.0186. The van der Waals surface area contributed by atoms with Crippen LogP contribution in [0.2, 0.25) is 0 Å². The monoisotopic (exact) mass is 279 g/mol. The summed E-state index contributed by atoms with van der Waals surface area (Å²) in [6.45, 7) is 3.23. The van der Waals surface area contributed by atoms with Crippen LogP contribution in [0.4, 0.5) is 0 Å². The number of hydrogen-bond donors (Lipinski definition) is 1. The number of ether oxygens (including phenoxy) is 1. The van der Waals surface area contributed by atoms with Crippen molar-refractivity contribution in [1.29, 1.82) is 0 Å². The maximum absolute atomic E-state index is 12.0. The fraction of sp³-hybridized carbons (Fsp3) is 0.533. The maximum Gasteiger partial charge on any atom is 0.265 e. The molecule has 2 rings (SSSR count). The van der Waals surface area contributed by atoms with Crippen LogP contribution < -0.4 is 10.1 Å². The van der Waals surface area contributed by atoms with Crippen molar-refractivity contribution in [3.05, 3.63) is 28.0 Å². The van der Waals surface area contributed by atoms with Gasteiger partial charge in [-0.3, -0.25) is 4.79 Å². The Labute approximate surface area is 118 Å². The van der Waals surface area contributed by atoms with Gasteiger partial charge in [0.1, 0.15) is 10.6 Å². The fourth-order valence-corrected chi connectivity index (χ4v) is 3.03. The molecule has 104 valence electrons. The molecule has 1 N–H and O–H groups in total. The summed E-state index contributed by atoms with van der Waals surface area (Å²) in [7, 11) is 0. The predicted octanol–water partition coefficient (Wildman–Crippen LogP) is 3.77. The molecular weight excluding hydrogens is 258 g/mol. The van der Waals surface area contributed by atoms with E-state index in [9.17, 15) is 4.79 Å². The van der Waals surface area contributed by atoms with Crippen molar-refractivity contribution in [2.75, 3.05) is 13.2 Å². The third-order valence-electron chi connectivity index (χ3n) is 3.25. The molecule has 0 bridgehead atoms. The SMILES string of the molecule is CCOc1ccsc1C(=O)NCCC1=CCCCC1. The second-order valence-electron chi connectivity index (χ2n) is 4.66. The molecule has 0 radical (unpaired) electrons. The van der Waals surface area contributed by atoms with Gasteiger partial charge in [0, 0.05) is 6.54 Å². The minimum atomic E-state index is -0.0186.